The van der Waals surface area contributed by atoms with Gasteiger partial charge in [0.1, 0.15) is 0 Å². The van der Waals surface area contributed by atoms with Crippen LogP contribution >= 0.6 is 0 Å². The number of nitrogens with zero attached hydrogens (tertiary/aromatic N) is 3. The number of anilines is 1. The molecule has 0 bridgehead atoms. The van der Waals surface area contributed by atoms with Gasteiger partial charge in [0.05, 0.1) is 6.10 Å². The van der Waals surface area contributed by atoms with E-state index in [1.807, 2.05) is 13.8 Å². The van der Waals surface area contributed by atoms with E-state index >= 15 is 0 Å². The molecule has 1 unspecified atom stereocenters. The van der Waals surface area contributed by atoms with Gasteiger partial charge in [-0.25, -0.2) is 4.98 Å². The van der Waals surface area contributed by atoms with Crippen molar-refractivity contribution < 1.29 is 4.74 Å². The Morgan fingerprint density at radius 1 is 1.40 bits per heavy atom. The fourth-order valence-electron chi connectivity index (χ4n) is 2.47. The van der Waals surface area contributed by atoms with Gasteiger partial charge in [-0.15, -0.1) is 0 Å². The zero-order valence-corrected chi connectivity index (χ0v) is 13.0. The van der Waals surface area contributed by atoms with E-state index in [4.69, 9.17) is 4.74 Å². The summed E-state index contributed by atoms with van der Waals surface area (Å²) < 4.78 is 5.58. The summed E-state index contributed by atoms with van der Waals surface area (Å²) in [5.41, 5.74) is 0. The minimum atomic E-state index is 0.132. The first-order chi connectivity index (χ1) is 9.54. The molecule has 0 spiro atoms. The maximum absolute atomic E-state index is 5.58. The molecule has 1 aliphatic heterocycles. The molecule has 0 radical (unpaired) electrons. The average molecular weight is 278 g/mol. The second kappa shape index (κ2) is 6.88. The SMILES string of the molecule is CC(C)Oc1ccnc(NCC2CCN(C(C)C)C2)n1. The minimum absolute atomic E-state index is 0.132. The van der Waals surface area contributed by atoms with Crippen molar-refractivity contribution in [2.45, 2.75) is 46.3 Å². The van der Waals surface area contributed by atoms with Crippen molar-refractivity contribution in [3.05, 3.63) is 12.3 Å². The summed E-state index contributed by atoms with van der Waals surface area (Å²) in [6.07, 6.45) is 3.11. The van der Waals surface area contributed by atoms with Crippen molar-refractivity contribution in [1.82, 2.24) is 14.9 Å². The molecule has 0 aromatic carbocycles. The Morgan fingerprint density at radius 3 is 2.85 bits per heavy atom. The normalized spacial score (nSPS) is 19.8. The standard InChI is InChI=1S/C15H26N4O/c1-11(2)19-8-6-13(10-19)9-17-15-16-7-5-14(18-15)20-12(3)4/h5,7,11-13H,6,8-10H2,1-4H3,(H,16,17,18). The molecule has 1 aromatic rings. The summed E-state index contributed by atoms with van der Waals surface area (Å²) in [5.74, 6) is 1.97. The summed E-state index contributed by atoms with van der Waals surface area (Å²) >= 11 is 0. The van der Waals surface area contributed by atoms with Crippen LogP contribution in [0.25, 0.3) is 0 Å². The van der Waals surface area contributed by atoms with Gasteiger partial charge in [-0.3, -0.25) is 0 Å². The summed E-state index contributed by atoms with van der Waals surface area (Å²) in [6.45, 7) is 11.8. The van der Waals surface area contributed by atoms with E-state index in [0.29, 0.717) is 23.8 Å². The summed E-state index contributed by atoms with van der Waals surface area (Å²) in [7, 11) is 0. The Hall–Kier alpha value is -1.36. The Labute approximate surface area is 121 Å². The van der Waals surface area contributed by atoms with Crippen molar-refractivity contribution in [3.8, 4) is 5.88 Å². The quantitative estimate of drug-likeness (QED) is 0.866. The highest BCUT2D eigenvalue weighted by molar-refractivity contribution is 5.27. The van der Waals surface area contributed by atoms with Gasteiger partial charge in [0.25, 0.3) is 0 Å². The van der Waals surface area contributed by atoms with Crippen molar-refractivity contribution >= 4 is 5.95 Å². The lowest BCUT2D eigenvalue weighted by Crippen LogP contribution is -2.29. The van der Waals surface area contributed by atoms with E-state index < -0.39 is 0 Å². The summed E-state index contributed by atoms with van der Waals surface area (Å²) in [4.78, 5) is 11.1. The third-order valence-electron chi connectivity index (χ3n) is 3.58. The molecule has 1 fully saturated rings. The maximum atomic E-state index is 5.58. The van der Waals surface area contributed by atoms with Crippen LogP contribution in [0.1, 0.15) is 34.1 Å². The Balaban J connectivity index is 1.82. The number of nitrogens with one attached hydrogen (secondary N) is 1. The molecule has 1 aromatic heterocycles. The van der Waals surface area contributed by atoms with Crippen molar-refractivity contribution in [2.24, 2.45) is 5.92 Å². The molecule has 2 rings (SSSR count). The molecular weight excluding hydrogens is 252 g/mol. The van der Waals surface area contributed by atoms with Crippen LogP contribution in [-0.4, -0.2) is 46.6 Å². The van der Waals surface area contributed by atoms with Crippen molar-refractivity contribution in [2.75, 3.05) is 25.0 Å². The predicted molar refractivity (Wildman–Crippen MR) is 81.1 cm³/mol. The van der Waals surface area contributed by atoms with E-state index in [0.717, 1.165) is 13.1 Å². The molecule has 1 aliphatic rings. The number of likely N-dealkylation sites (tertiary alicyclic amines) is 1. The topological polar surface area (TPSA) is 50.3 Å². The van der Waals surface area contributed by atoms with Crippen LogP contribution in [0.3, 0.4) is 0 Å². The first-order valence-corrected chi connectivity index (χ1v) is 7.52. The molecule has 1 N–H and O–H groups in total. The molecule has 5 heteroatoms. The second-order valence-electron chi connectivity index (χ2n) is 6.01. The minimum Gasteiger partial charge on any atom is -0.475 e. The number of hydrogen-bond donors (Lipinski definition) is 1. The Kier molecular flexibility index (Phi) is 5.17. The van der Waals surface area contributed by atoms with Crippen LogP contribution in [0.5, 0.6) is 5.88 Å². The van der Waals surface area contributed by atoms with E-state index in [1.54, 1.807) is 12.3 Å². The second-order valence-corrected chi connectivity index (χ2v) is 6.01. The fraction of sp³-hybridized carbons (Fsp3) is 0.733. The number of hydrogen-bond acceptors (Lipinski definition) is 5. The van der Waals surface area contributed by atoms with Gasteiger partial charge < -0.3 is 15.0 Å². The van der Waals surface area contributed by atoms with Gasteiger partial charge in [-0.1, -0.05) is 0 Å². The lowest BCUT2D eigenvalue weighted by atomic mass is 10.1. The third kappa shape index (κ3) is 4.34. The lowest BCUT2D eigenvalue weighted by molar-refractivity contribution is 0.232. The molecule has 0 aliphatic carbocycles. The van der Waals surface area contributed by atoms with Crippen LogP contribution in [0.4, 0.5) is 5.95 Å². The Bertz CT molecular complexity index is 422. The van der Waals surface area contributed by atoms with E-state index in [9.17, 15) is 0 Å². The van der Waals surface area contributed by atoms with E-state index in [1.165, 1.54) is 13.0 Å². The van der Waals surface area contributed by atoms with Crippen LogP contribution in [-0.2, 0) is 0 Å². The molecule has 5 nitrogen and oxygen atoms in total. The number of ether oxygens (including phenoxy) is 1. The van der Waals surface area contributed by atoms with Gasteiger partial charge in [-0.05, 0) is 46.6 Å². The van der Waals surface area contributed by atoms with Gasteiger partial charge in [0.2, 0.25) is 11.8 Å². The molecule has 20 heavy (non-hydrogen) atoms. The third-order valence-corrected chi connectivity index (χ3v) is 3.58. The zero-order valence-electron chi connectivity index (χ0n) is 13.0. The van der Waals surface area contributed by atoms with Crippen LogP contribution < -0.4 is 10.1 Å². The number of rotatable bonds is 6. The van der Waals surface area contributed by atoms with Crippen LogP contribution in [0.2, 0.25) is 0 Å². The van der Waals surface area contributed by atoms with Gasteiger partial charge in [-0.2, -0.15) is 4.98 Å². The molecule has 0 saturated carbocycles. The summed E-state index contributed by atoms with van der Waals surface area (Å²) in [5, 5.41) is 3.33. The predicted octanol–water partition coefficient (Wildman–Crippen LogP) is 2.41. The molecule has 112 valence electrons. The first-order valence-electron chi connectivity index (χ1n) is 7.52. The van der Waals surface area contributed by atoms with Gasteiger partial charge in [0.15, 0.2) is 0 Å². The summed E-state index contributed by atoms with van der Waals surface area (Å²) in [6, 6.07) is 2.43. The highest BCUT2D eigenvalue weighted by Crippen LogP contribution is 2.19. The van der Waals surface area contributed by atoms with Crippen molar-refractivity contribution in [1.29, 1.82) is 0 Å². The highest BCUT2D eigenvalue weighted by Gasteiger charge is 2.23. The maximum Gasteiger partial charge on any atom is 0.225 e. The fourth-order valence-corrected chi connectivity index (χ4v) is 2.47. The Morgan fingerprint density at radius 2 is 2.20 bits per heavy atom. The largest absolute Gasteiger partial charge is 0.475 e. The smallest absolute Gasteiger partial charge is 0.225 e. The van der Waals surface area contributed by atoms with Gasteiger partial charge in [0, 0.05) is 31.4 Å². The average Bonchev–Trinajstić information content (AvgIpc) is 2.85. The van der Waals surface area contributed by atoms with Gasteiger partial charge >= 0.3 is 0 Å². The van der Waals surface area contributed by atoms with Crippen molar-refractivity contribution in [3.63, 3.8) is 0 Å². The lowest BCUT2D eigenvalue weighted by Gasteiger charge is -2.20. The molecular formula is C15H26N4O. The molecule has 2 heterocycles. The van der Waals surface area contributed by atoms with Crippen LogP contribution in [0, 0.1) is 5.92 Å². The molecule has 1 atom stereocenters. The molecule has 1 saturated heterocycles. The molecule has 0 amide bonds. The first kappa shape index (κ1) is 15.0. The number of aromatic nitrogens is 2. The highest BCUT2D eigenvalue weighted by atomic mass is 16.5. The van der Waals surface area contributed by atoms with E-state index in [2.05, 4.69) is 34.0 Å². The monoisotopic (exact) mass is 278 g/mol. The van der Waals surface area contributed by atoms with E-state index in [-0.39, 0.29) is 6.10 Å². The van der Waals surface area contributed by atoms with Crippen LogP contribution in [0.15, 0.2) is 12.3 Å². The zero-order chi connectivity index (χ0) is 14.5.